The number of aromatic nitrogens is 1. The van der Waals surface area contributed by atoms with E-state index < -0.39 is 0 Å². The Balaban J connectivity index is 2.34. The van der Waals surface area contributed by atoms with Gasteiger partial charge in [0.05, 0.1) is 10.6 Å². The summed E-state index contributed by atoms with van der Waals surface area (Å²) in [5, 5.41) is 19.1. The Morgan fingerprint density at radius 3 is 2.88 bits per heavy atom. The van der Waals surface area contributed by atoms with Crippen molar-refractivity contribution in [2.45, 2.75) is 9.92 Å². The van der Waals surface area contributed by atoms with E-state index in [1.54, 1.807) is 24.3 Å². The lowest BCUT2D eigenvalue weighted by atomic mass is 10.3. The number of aromatic hydroxyl groups is 1. The number of benzene rings is 1. The molecule has 0 aliphatic rings. The van der Waals surface area contributed by atoms with Crippen LogP contribution in [-0.4, -0.2) is 10.1 Å². The Morgan fingerprint density at radius 1 is 1.35 bits per heavy atom. The number of phenols is 1. The Labute approximate surface area is 108 Å². The van der Waals surface area contributed by atoms with Crippen LogP contribution in [0.5, 0.6) is 5.75 Å². The van der Waals surface area contributed by atoms with Crippen molar-refractivity contribution in [3.8, 4) is 11.8 Å². The van der Waals surface area contributed by atoms with Crippen molar-refractivity contribution in [1.82, 2.24) is 4.98 Å². The van der Waals surface area contributed by atoms with Crippen LogP contribution >= 0.6 is 23.4 Å². The topological polar surface area (TPSA) is 56.9 Å². The zero-order valence-electron chi connectivity index (χ0n) is 8.59. The van der Waals surface area contributed by atoms with Crippen molar-refractivity contribution >= 4 is 23.4 Å². The van der Waals surface area contributed by atoms with Gasteiger partial charge in [0.25, 0.3) is 0 Å². The Hall–Kier alpha value is -1.70. The van der Waals surface area contributed by atoms with Gasteiger partial charge in [-0.2, -0.15) is 5.26 Å². The molecule has 0 saturated carbocycles. The summed E-state index contributed by atoms with van der Waals surface area (Å²) >= 11 is 7.33. The van der Waals surface area contributed by atoms with Crippen molar-refractivity contribution in [3.05, 3.63) is 47.1 Å². The van der Waals surface area contributed by atoms with E-state index in [1.165, 1.54) is 18.0 Å². The summed E-state index contributed by atoms with van der Waals surface area (Å²) in [5.41, 5.74) is 0.393. The third-order valence-corrected chi connectivity index (χ3v) is 3.50. The number of nitrogens with zero attached hydrogens (tertiary/aromatic N) is 2. The first-order valence-corrected chi connectivity index (χ1v) is 5.91. The van der Waals surface area contributed by atoms with Crippen LogP contribution in [0.1, 0.15) is 5.56 Å². The predicted molar refractivity (Wildman–Crippen MR) is 66.2 cm³/mol. The molecule has 1 aromatic heterocycles. The molecule has 3 nitrogen and oxygen atoms in total. The Morgan fingerprint density at radius 2 is 2.18 bits per heavy atom. The van der Waals surface area contributed by atoms with E-state index in [-0.39, 0.29) is 5.75 Å². The highest BCUT2D eigenvalue weighted by molar-refractivity contribution is 7.99. The zero-order chi connectivity index (χ0) is 12.3. The van der Waals surface area contributed by atoms with Crippen LogP contribution in [0.4, 0.5) is 0 Å². The molecule has 0 fully saturated rings. The molecule has 1 N–H and O–H groups in total. The van der Waals surface area contributed by atoms with Gasteiger partial charge in [-0.05, 0) is 24.3 Å². The molecule has 0 bridgehead atoms. The van der Waals surface area contributed by atoms with Gasteiger partial charge in [0.2, 0.25) is 0 Å². The second kappa shape index (κ2) is 5.09. The van der Waals surface area contributed by atoms with E-state index in [1.807, 2.05) is 12.1 Å². The van der Waals surface area contributed by atoms with E-state index in [4.69, 9.17) is 16.9 Å². The third-order valence-electron chi connectivity index (χ3n) is 2.01. The lowest BCUT2D eigenvalue weighted by molar-refractivity contribution is 0.474. The average molecular weight is 263 g/mol. The minimum Gasteiger partial charge on any atom is -0.508 e. The molecule has 0 aliphatic carbocycles. The fraction of sp³-hybridized carbons (Fsp3) is 0. The third kappa shape index (κ3) is 2.70. The first kappa shape index (κ1) is 11.8. The molecule has 0 saturated heterocycles. The minimum atomic E-state index is 0.183. The van der Waals surface area contributed by atoms with Crippen molar-refractivity contribution in [1.29, 1.82) is 5.26 Å². The summed E-state index contributed by atoms with van der Waals surface area (Å²) < 4.78 is 0. The summed E-state index contributed by atoms with van der Waals surface area (Å²) in [5.74, 6) is 0.183. The standard InChI is InChI=1S/C12H7ClN2OS/c13-11-8(7-14)4-5-15-12(11)17-10-3-1-2-9(16)6-10/h1-6,16H. The van der Waals surface area contributed by atoms with Crippen molar-refractivity contribution < 1.29 is 5.11 Å². The first-order chi connectivity index (χ1) is 8.20. The molecular weight excluding hydrogens is 256 g/mol. The van der Waals surface area contributed by atoms with E-state index in [2.05, 4.69) is 4.98 Å². The lowest BCUT2D eigenvalue weighted by Gasteiger charge is -2.04. The van der Waals surface area contributed by atoms with Gasteiger partial charge in [-0.25, -0.2) is 4.98 Å². The van der Waals surface area contributed by atoms with Crippen molar-refractivity contribution in [2.24, 2.45) is 0 Å². The van der Waals surface area contributed by atoms with Gasteiger partial charge in [-0.1, -0.05) is 29.4 Å². The highest BCUT2D eigenvalue weighted by Gasteiger charge is 2.08. The van der Waals surface area contributed by atoms with Crippen LogP contribution in [0, 0.1) is 11.3 Å². The van der Waals surface area contributed by atoms with Crippen LogP contribution < -0.4 is 0 Å². The predicted octanol–water partition coefficient (Wildman–Crippen LogP) is 3.46. The molecule has 1 heterocycles. The number of hydrogen-bond acceptors (Lipinski definition) is 4. The lowest BCUT2D eigenvalue weighted by Crippen LogP contribution is -1.85. The van der Waals surface area contributed by atoms with Gasteiger partial charge in [0.1, 0.15) is 16.8 Å². The number of nitriles is 1. The summed E-state index contributed by atoms with van der Waals surface area (Å²) in [6, 6.07) is 10.3. The molecule has 5 heteroatoms. The molecule has 2 aromatic rings. The van der Waals surface area contributed by atoms with Gasteiger partial charge in [0.15, 0.2) is 0 Å². The van der Waals surface area contributed by atoms with Crippen LogP contribution in [0.25, 0.3) is 0 Å². The summed E-state index contributed by atoms with van der Waals surface area (Å²) in [4.78, 5) is 4.92. The van der Waals surface area contributed by atoms with E-state index >= 15 is 0 Å². The number of hydrogen-bond donors (Lipinski definition) is 1. The van der Waals surface area contributed by atoms with Crippen LogP contribution in [-0.2, 0) is 0 Å². The number of halogens is 1. The second-order valence-electron chi connectivity index (χ2n) is 3.19. The first-order valence-electron chi connectivity index (χ1n) is 4.72. The quantitative estimate of drug-likeness (QED) is 0.900. The van der Waals surface area contributed by atoms with Gasteiger partial charge in [-0.3, -0.25) is 0 Å². The molecular formula is C12H7ClN2OS. The van der Waals surface area contributed by atoms with E-state index in [9.17, 15) is 5.11 Å². The minimum absolute atomic E-state index is 0.183. The monoisotopic (exact) mass is 262 g/mol. The molecule has 0 radical (unpaired) electrons. The number of rotatable bonds is 2. The molecule has 1 aromatic carbocycles. The normalized spacial score (nSPS) is 9.88. The van der Waals surface area contributed by atoms with Crippen molar-refractivity contribution in [2.75, 3.05) is 0 Å². The molecule has 0 unspecified atom stereocenters. The fourth-order valence-electron chi connectivity index (χ4n) is 1.24. The Bertz CT molecular complexity index is 595. The molecule has 0 amide bonds. The maximum Gasteiger partial charge on any atom is 0.121 e. The fourth-order valence-corrected chi connectivity index (χ4v) is 2.37. The van der Waals surface area contributed by atoms with E-state index in [0.29, 0.717) is 15.6 Å². The zero-order valence-corrected chi connectivity index (χ0v) is 10.2. The van der Waals surface area contributed by atoms with Gasteiger partial charge in [-0.15, -0.1) is 0 Å². The Kier molecular flexibility index (Phi) is 3.52. The SMILES string of the molecule is N#Cc1ccnc(Sc2cccc(O)c2)c1Cl. The summed E-state index contributed by atoms with van der Waals surface area (Å²) in [6.07, 6.45) is 1.54. The van der Waals surface area contributed by atoms with E-state index in [0.717, 1.165) is 4.90 Å². The smallest absolute Gasteiger partial charge is 0.121 e. The average Bonchev–Trinajstić information content (AvgIpc) is 2.32. The number of phenolic OH excluding ortho intramolecular Hbond substituents is 1. The molecule has 17 heavy (non-hydrogen) atoms. The summed E-state index contributed by atoms with van der Waals surface area (Å²) in [7, 11) is 0. The van der Waals surface area contributed by atoms with Crippen molar-refractivity contribution in [3.63, 3.8) is 0 Å². The maximum atomic E-state index is 9.34. The largest absolute Gasteiger partial charge is 0.508 e. The highest BCUT2D eigenvalue weighted by Crippen LogP contribution is 2.34. The van der Waals surface area contributed by atoms with Gasteiger partial charge in [0, 0.05) is 11.1 Å². The van der Waals surface area contributed by atoms with Crippen LogP contribution in [0.3, 0.4) is 0 Å². The van der Waals surface area contributed by atoms with Crippen LogP contribution in [0.2, 0.25) is 5.02 Å². The molecule has 0 aliphatic heterocycles. The molecule has 2 rings (SSSR count). The molecule has 0 atom stereocenters. The summed E-state index contributed by atoms with van der Waals surface area (Å²) in [6.45, 7) is 0. The van der Waals surface area contributed by atoms with Gasteiger partial charge < -0.3 is 5.11 Å². The molecule has 84 valence electrons. The second-order valence-corrected chi connectivity index (χ2v) is 4.63. The highest BCUT2D eigenvalue weighted by atomic mass is 35.5. The molecule has 0 spiro atoms. The van der Waals surface area contributed by atoms with Gasteiger partial charge >= 0.3 is 0 Å². The van der Waals surface area contributed by atoms with Crippen LogP contribution in [0.15, 0.2) is 46.5 Å². The maximum absolute atomic E-state index is 9.34. The number of pyridine rings is 1.